The second-order valence-electron chi connectivity index (χ2n) is 11.2. The number of amides is 1. The van der Waals surface area contributed by atoms with E-state index in [4.69, 9.17) is 9.84 Å². The van der Waals surface area contributed by atoms with Crippen LogP contribution in [0.15, 0.2) is 61.1 Å². The zero-order chi connectivity index (χ0) is 28.5. The van der Waals surface area contributed by atoms with Crippen molar-refractivity contribution >= 4 is 11.6 Å². The summed E-state index contributed by atoms with van der Waals surface area (Å²) < 4.78 is 9.10. The summed E-state index contributed by atoms with van der Waals surface area (Å²) in [6.45, 7) is 12.6. The number of rotatable bonds is 8. The van der Waals surface area contributed by atoms with Gasteiger partial charge in [0.2, 0.25) is 0 Å². The molecule has 6 rings (SSSR count). The van der Waals surface area contributed by atoms with Crippen LogP contribution >= 0.6 is 0 Å². The fourth-order valence-electron chi connectivity index (χ4n) is 5.67. The molecule has 2 saturated heterocycles. The largest absolute Gasteiger partial charge is 0.378 e. The van der Waals surface area contributed by atoms with Crippen molar-refractivity contribution in [1.82, 2.24) is 29.8 Å². The van der Waals surface area contributed by atoms with Crippen molar-refractivity contribution in [2.24, 2.45) is 7.05 Å². The van der Waals surface area contributed by atoms with Crippen LogP contribution in [0.2, 0.25) is 0 Å². The van der Waals surface area contributed by atoms with E-state index >= 15 is 0 Å². The zero-order valence-corrected chi connectivity index (χ0v) is 24.4. The third kappa shape index (κ3) is 5.78. The first-order valence-corrected chi connectivity index (χ1v) is 14.5. The molecule has 0 radical (unpaired) electrons. The molecule has 1 amide bonds. The first-order valence-electron chi connectivity index (χ1n) is 14.5. The van der Waals surface area contributed by atoms with Crippen LogP contribution in [0.25, 0.3) is 22.4 Å². The van der Waals surface area contributed by atoms with E-state index in [1.807, 2.05) is 56.3 Å². The summed E-state index contributed by atoms with van der Waals surface area (Å²) in [7, 11) is 1.92. The number of carbonyl (C=O) groups is 1. The molecule has 2 aromatic heterocycles. The lowest BCUT2D eigenvalue weighted by molar-refractivity contribution is -0.0660. The Bertz CT molecular complexity index is 1530. The van der Waals surface area contributed by atoms with Gasteiger partial charge >= 0.3 is 0 Å². The van der Waals surface area contributed by atoms with Crippen LogP contribution in [0, 0.1) is 6.92 Å². The van der Waals surface area contributed by atoms with Crippen LogP contribution < -0.4 is 10.2 Å². The first kappa shape index (κ1) is 27.2. The van der Waals surface area contributed by atoms with Crippen LogP contribution in [0.1, 0.15) is 41.4 Å². The third-order valence-electron chi connectivity index (χ3n) is 8.38. The van der Waals surface area contributed by atoms with E-state index in [9.17, 15) is 4.79 Å². The Balaban J connectivity index is 1.22. The summed E-state index contributed by atoms with van der Waals surface area (Å²) in [5, 5.41) is 12.4. The van der Waals surface area contributed by atoms with E-state index < -0.39 is 0 Å². The molecule has 2 aliphatic rings. The summed E-state index contributed by atoms with van der Waals surface area (Å²) >= 11 is 0. The topological polar surface area (TPSA) is 80.5 Å². The smallest absolute Gasteiger partial charge is 0.252 e. The molecule has 0 spiro atoms. The lowest BCUT2D eigenvalue weighted by Crippen LogP contribution is -2.56. The summed E-state index contributed by atoms with van der Waals surface area (Å²) in [4.78, 5) is 18.5. The van der Waals surface area contributed by atoms with Crippen molar-refractivity contribution in [2.45, 2.75) is 39.4 Å². The van der Waals surface area contributed by atoms with Gasteiger partial charge in [0.1, 0.15) is 0 Å². The number of piperazine rings is 1. The first-order chi connectivity index (χ1) is 19.9. The van der Waals surface area contributed by atoms with Crippen molar-refractivity contribution in [3.8, 4) is 22.4 Å². The second-order valence-corrected chi connectivity index (χ2v) is 11.2. The van der Waals surface area contributed by atoms with Gasteiger partial charge in [-0.3, -0.25) is 19.1 Å². The maximum Gasteiger partial charge on any atom is 0.252 e. The number of anilines is 1. The van der Waals surface area contributed by atoms with Crippen LogP contribution in [-0.2, 0) is 18.3 Å². The van der Waals surface area contributed by atoms with Gasteiger partial charge in [0.05, 0.1) is 37.2 Å². The average molecular weight is 554 g/mol. The van der Waals surface area contributed by atoms with Gasteiger partial charge < -0.3 is 15.0 Å². The molecular weight excluding hydrogens is 514 g/mol. The fraction of sp³-hybridized carbons (Fsp3) is 0.406. The zero-order valence-electron chi connectivity index (χ0n) is 24.4. The maximum absolute atomic E-state index is 13.6. The predicted molar refractivity (Wildman–Crippen MR) is 161 cm³/mol. The van der Waals surface area contributed by atoms with Crippen LogP contribution in [0.4, 0.5) is 5.69 Å². The van der Waals surface area contributed by atoms with E-state index in [-0.39, 0.29) is 11.9 Å². The highest BCUT2D eigenvalue weighted by atomic mass is 16.5. The summed E-state index contributed by atoms with van der Waals surface area (Å²) in [6, 6.07) is 15.1. The van der Waals surface area contributed by atoms with Gasteiger partial charge in [-0.05, 0) is 73.9 Å². The lowest BCUT2D eigenvalue weighted by atomic mass is 9.96. The molecule has 4 heterocycles. The number of benzene rings is 2. The summed E-state index contributed by atoms with van der Waals surface area (Å²) in [6.07, 6.45) is 5.87. The monoisotopic (exact) mass is 553 g/mol. The maximum atomic E-state index is 13.6. The Morgan fingerprint density at radius 2 is 1.83 bits per heavy atom. The molecule has 4 aromatic rings. The minimum atomic E-state index is -0.206. The van der Waals surface area contributed by atoms with E-state index in [1.54, 1.807) is 4.68 Å². The van der Waals surface area contributed by atoms with Gasteiger partial charge in [0.25, 0.3) is 5.91 Å². The molecule has 1 atom stereocenters. The molecule has 1 N–H and O–H groups in total. The molecule has 214 valence electrons. The van der Waals surface area contributed by atoms with Crippen molar-refractivity contribution in [2.75, 3.05) is 44.3 Å². The number of nitrogens with one attached hydrogen (secondary N) is 1. The van der Waals surface area contributed by atoms with Crippen LogP contribution in [-0.4, -0.2) is 75.8 Å². The molecule has 0 saturated carbocycles. The standard InChI is InChI=1S/C32H39N7O2/c1-5-39-9-8-31(35-39)26-15-24(14-25(16-26)27-18-33-36(4)19-27)23(3)34-32(40)30-17-28(7-6-22(30)2)37-10-12-38(13-11-37)29-20-41-21-29/h6-9,14-19,23,29H,5,10-13,20-21H2,1-4H3,(H,34,40)/t23-/m1/s1. The lowest BCUT2D eigenvalue weighted by Gasteiger charge is -2.43. The molecule has 2 aliphatic heterocycles. The molecule has 0 bridgehead atoms. The second kappa shape index (κ2) is 11.5. The summed E-state index contributed by atoms with van der Waals surface area (Å²) in [5.41, 5.74) is 7.80. The van der Waals surface area contributed by atoms with Gasteiger partial charge in [-0.1, -0.05) is 6.07 Å². The third-order valence-corrected chi connectivity index (χ3v) is 8.38. The SMILES string of the molecule is CCn1ccc(-c2cc(-c3cnn(C)c3)cc([C@@H](C)NC(=O)c3cc(N4CCN(C5COC5)CC4)ccc3C)c2)n1. The molecule has 0 unspecified atom stereocenters. The van der Waals surface area contributed by atoms with E-state index in [2.05, 4.69) is 57.5 Å². The number of aromatic nitrogens is 4. The van der Waals surface area contributed by atoms with E-state index in [0.717, 1.165) is 90.7 Å². The average Bonchev–Trinajstić information content (AvgIpc) is 3.62. The van der Waals surface area contributed by atoms with Gasteiger partial charge in [-0.15, -0.1) is 0 Å². The number of ether oxygens (including phenoxy) is 1. The number of nitrogens with zero attached hydrogens (tertiary/aromatic N) is 6. The van der Waals surface area contributed by atoms with Crippen molar-refractivity contribution in [1.29, 1.82) is 0 Å². The number of carbonyl (C=O) groups excluding carboxylic acids is 1. The molecule has 2 fully saturated rings. The Morgan fingerprint density at radius 3 is 2.49 bits per heavy atom. The Hall–Kier alpha value is -3.95. The van der Waals surface area contributed by atoms with Gasteiger partial charge in [-0.2, -0.15) is 10.2 Å². The minimum Gasteiger partial charge on any atom is -0.378 e. The van der Waals surface area contributed by atoms with Gasteiger partial charge in [0, 0.05) is 74.5 Å². The highest BCUT2D eigenvalue weighted by Gasteiger charge is 2.29. The normalized spacial score (nSPS) is 16.9. The van der Waals surface area contributed by atoms with E-state index in [1.165, 1.54) is 0 Å². The fourth-order valence-corrected chi connectivity index (χ4v) is 5.67. The number of hydrogen-bond acceptors (Lipinski definition) is 6. The highest BCUT2D eigenvalue weighted by Crippen LogP contribution is 2.30. The highest BCUT2D eigenvalue weighted by molar-refractivity contribution is 5.97. The summed E-state index contributed by atoms with van der Waals surface area (Å²) in [5.74, 6) is -0.0642. The molecule has 41 heavy (non-hydrogen) atoms. The minimum absolute atomic E-state index is 0.0642. The Morgan fingerprint density at radius 1 is 1.05 bits per heavy atom. The molecule has 9 heteroatoms. The van der Waals surface area contributed by atoms with E-state index in [0.29, 0.717) is 6.04 Å². The molecule has 0 aliphatic carbocycles. The van der Waals surface area contributed by atoms with Crippen LogP contribution in [0.3, 0.4) is 0 Å². The van der Waals surface area contributed by atoms with Crippen molar-refractivity contribution in [3.05, 3.63) is 77.7 Å². The Kier molecular flexibility index (Phi) is 7.64. The molecular formula is C32H39N7O2. The molecule has 9 nitrogen and oxygen atoms in total. The Labute approximate surface area is 241 Å². The van der Waals surface area contributed by atoms with Crippen LogP contribution in [0.5, 0.6) is 0 Å². The molecule has 2 aromatic carbocycles. The quantitative estimate of drug-likeness (QED) is 0.351. The van der Waals surface area contributed by atoms with Gasteiger partial charge in [0.15, 0.2) is 0 Å². The van der Waals surface area contributed by atoms with Gasteiger partial charge in [-0.25, -0.2) is 0 Å². The number of hydrogen-bond donors (Lipinski definition) is 1. The van der Waals surface area contributed by atoms with Crippen molar-refractivity contribution in [3.63, 3.8) is 0 Å². The van der Waals surface area contributed by atoms with Crippen molar-refractivity contribution < 1.29 is 9.53 Å². The number of aryl methyl sites for hydroxylation is 3. The predicted octanol–water partition coefficient (Wildman–Crippen LogP) is 4.29.